The summed E-state index contributed by atoms with van der Waals surface area (Å²) in [6, 6.07) is 25.5. The van der Waals surface area contributed by atoms with E-state index in [1.165, 1.54) is 9.71 Å². The maximum atomic E-state index is 13.0. The van der Waals surface area contributed by atoms with Crippen molar-refractivity contribution in [2.45, 2.75) is 31.8 Å². The van der Waals surface area contributed by atoms with E-state index in [2.05, 4.69) is 23.5 Å². The number of amides is 2. The number of aromatic nitrogens is 1. The maximum absolute atomic E-state index is 13.0. The summed E-state index contributed by atoms with van der Waals surface area (Å²) in [5, 5.41) is 13.1. The zero-order chi connectivity index (χ0) is 24.0. The van der Waals surface area contributed by atoms with Crippen molar-refractivity contribution < 1.29 is 9.53 Å². The van der Waals surface area contributed by atoms with Gasteiger partial charge in [-0.25, -0.2) is 9.78 Å². The van der Waals surface area contributed by atoms with Gasteiger partial charge in [0, 0.05) is 30.3 Å². The molecule has 1 saturated heterocycles. The molecule has 1 aliphatic heterocycles. The Kier molecular flexibility index (Phi) is 6.92. The SMILES string of the molecule is N#CCc1ccc(OCc2ccccc2NC(=O)N2CCC(c3nc4ccccc4s3)CC2)cc1. The number of likely N-dealkylation sites (tertiary alicyclic amines) is 1. The van der Waals surface area contributed by atoms with Crippen LogP contribution in [-0.2, 0) is 13.0 Å². The lowest BCUT2D eigenvalue weighted by Crippen LogP contribution is -2.40. The predicted molar refractivity (Wildman–Crippen MR) is 139 cm³/mol. The van der Waals surface area contributed by atoms with E-state index in [1.54, 1.807) is 11.3 Å². The molecule has 5 rings (SSSR count). The maximum Gasteiger partial charge on any atom is 0.321 e. The first-order valence-corrected chi connectivity index (χ1v) is 12.6. The summed E-state index contributed by atoms with van der Waals surface area (Å²) < 4.78 is 7.15. The van der Waals surface area contributed by atoms with Crippen LogP contribution in [0.3, 0.4) is 0 Å². The number of para-hydroxylation sites is 2. The van der Waals surface area contributed by atoms with Gasteiger partial charge in [0.15, 0.2) is 0 Å². The number of thiazole rings is 1. The first-order chi connectivity index (χ1) is 17.2. The molecule has 6 nitrogen and oxygen atoms in total. The van der Waals surface area contributed by atoms with E-state index in [0.717, 1.165) is 40.9 Å². The van der Waals surface area contributed by atoms with E-state index < -0.39 is 0 Å². The molecule has 4 aromatic rings. The molecule has 0 atom stereocenters. The molecule has 0 bridgehead atoms. The molecule has 1 aromatic heterocycles. The number of urea groups is 1. The Morgan fingerprint density at radius 1 is 1.06 bits per heavy atom. The van der Waals surface area contributed by atoms with Gasteiger partial charge in [-0.3, -0.25) is 0 Å². The van der Waals surface area contributed by atoms with Crippen LogP contribution in [0.2, 0.25) is 0 Å². The third kappa shape index (κ3) is 5.44. The van der Waals surface area contributed by atoms with E-state index in [-0.39, 0.29) is 6.03 Å². The topological polar surface area (TPSA) is 78.2 Å². The second-order valence-corrected chi connectivity index (χ2v) is 9.70. The molecule has 7 heteroatoms. The zero-order valence-electron chi connectivity index (χ0n) is 19.3. The van der Waals surface area contributed by atoms with Crippen molar-refractivity contribution in [2.75, 3.05) is 18.4 Å². The molecule has 2 heterocycles. The van der Waals surface area contributed by atoms with Crippen molar-refractivity contribution in [3.05, 3.63) is 88.9 Å². The van der Waals surface area contributed by atoms with Gasteiger partial charge in [0.05, 0.1) is 27.7 Å². The molecule has 35 heavy (non-hydrogen) atoms. The molecular formula is C28H26N4O2S. The quantitative estimate of drug-likeness (QED) is 0.347. The first kappa shape index (κ1) is 22.9. The number of nitrogens with one attached hydrogen (secondary N) is 1. The van der Waals surface area contributed by atoms with Crippen LogP contribution < -0.4 is 10.1 Å². The molecule has 0 unspecified atom stereocenters. The van der Waals surface area contributed by atoms with Crippen LogP contribution in [0.15, 0.2) is 72.8 Å². The predicted octanol–water partition coefficient (Wildman–Crippen LogP) is 6.35. The number of nitrogens with zero attached hydrogens (tertiary/aromatic N) is 3. The third-order valence-corrected chi connectivity index (χ3v) is 7.50. The highest BCUT2D eigenvalue weighted by Gasteiger charge is 2.26. The Morgan fingerprint density at radius 2 is 1.80 bits per heavy atom. The number of anilines is 1. The summed E-state index contributed by atoms with van der Waals surface area (Å²) in [4.78, 5) is 19.7. The molecule has 3 aromatic carbocycles. The molecule has 0 spiro atoms. The fourth-order valence-corrected chi connectivity index (χ4v) is 5.45. The monoisotopic (exact) mass is 482 g/mol. The molecule has 1 aliphatic rings. The summed E-state index contributed by atoms with van der Waals surface area (Å²) in [5.74, 6) is 1.13. The number of rotatable bonds is 6. The van der Waals surface area contributed by atoms with Gasteiger partial charge in [0.25, 0.3) is 0 Å². The van der Waals surface area contributed by atoms with Crippen molar-refractivity contribution in [2.24, 2.45) is 0 Å². The first-order valence-electron chi connectivity index (χ1n) is 11.8. The van der Waals surface area contributed by atoms with E-state index in [1.807, 2.05) is 65.6 Å². The highest BCUT2D eigenvalue weighted by atomic mass is 32.1. The minimum atomic E-state index is -0.0824. The number of nitriles is 1. The summed E-state index contributed by atoms with van der Waals surface area (Å²) >= 11 is 1.77. The lowest BCUT2D eigenvalue weighted by atomic mass is 9.98. The van der Waals surface area contributed by atoms with Gasteiger partial charge in [0.2, 0.25) is 0 Å². The van der Waals surface area contributed by atoms with Crippen LogP contribution in [-0.4, -0.2) is 29.0 Å². The number of carbonyl (C=O) groups excluding carboxylic acids is 1. The Morgan fingerprint density at radius 3 is 2.57 bits per heavy atom. The number of ether oxygens (including phenoxy) is 1. The summed E-state index contributed by atoms with van der Waals surface area (Å²) in [6.45, 7) is 1.76. The van der Waals surface area contributed by atoms with Gasteiger partial charge in [-0.1, -0.05) is 42.5 Å². The Balaban J connectivity index is 1.17. The summed E-state index contributed by atoms with van der Waals surface area (Å²) in [5.41, 5.74) is 3.68. The van der Waals surface area contributed by atoms with Gasteiger partial charge in [-0.15, -0.1) is 11.3 Å². The highest BCUT2D eigenvalue weighted by Crippen LogP contribution is 2.34. The number of fused-ring (bicyclic) bond motifs is 1. The molecule has 2 amide bonds. The molecule has 1 N–H and O–H groups in total. The second kappa shape index (κ2) is 10.6. The number of benzene rings is 3. The normalized spacial score (nSPS) is 14.0. The van der Waals surface area contributed by atoms with Crippen LogP contribution >= 0.6 is 11.3 Å². The van der Waals surface area contributed by atoms with Gasteiger partial charge in [0.1, 0.15) is 12.4 Å². The summed E-state index contributed by atoms with van der Waals surface area (Å²) in [6.07, 6.45) is 2.21. The average molecular weight is 483 g/mol. The van der Waals surface area contributed by atoms with Gasteiger partial charge >= 0.3 is 6.03 Å². The number of piperidine rings is 1. The van der Waals surface area contributed by atoms with Gasteiger partial charge in [-0.2, -0.15) is 5.26 Å². The Hall–Kier alpha value is -3.89. The zero-order valence-corrected chi connectivity index (χ0v) is 20.1. The fourth-order valence-electron chi connectivity index (χ4n) is 4.31. The number of carbonyl (C=O) groups is 1. The van der Waals surface area contributed by atoms with Crippen LogP contribution in [0, 0.1) is 11.3 Å². The number of hydrogen-bond donors (Lipinski definition) is 1. The standard InChI is InChI=1S/C28H26N4O2S/c29-16-13-20-9-11-23(12-10-20)34-19-22-5-1-2-6-24(22)31-28(33)32-17-14-21(15-18-32)27-30-25-7-3-4-8-26(25)35-27/h1-12,21H,13-15,17-19H2,(H,31,33). The van der Waals surface area contributed by atoms with Crippen LogP contribution in [0.5, 0.6) is 5.75 Å². The molecule has 0 radical (unpaired) electrons. The second-order valence-electron chi connectivity index (χ2n) is 8.64. The summed E-state index contributed by atoms with van der Waals surface area (Å²) in [7, 11) is 0. The Labute approximate surface area is 208 Å². The van der Waals surface area contributed by atoms with Crippen molar-refractivity contribution >= 4 is 33.3 Å². The lowest BCUT2D eigenvalue weighted by molar-refractivity contribution is 0.194. The van der Waals surface area contributed by atoms with Crippen molar-refractivity contribution in [1.29, 1.82) is 5.26 Å². The van der Waals surface area contributed by atoms with E-state index in [0.29, 0.717) is 32.0 Å². The van der Waals surface area contributed by atoms with E-state index >= 15 is 0 Å². The molecule has 0 aliphatic carbocycles. The lowest BCUT2D eigenvalue weighted by Gasteiger charge is -2.31. The van der Waals surface area contributed by atoms with Gasteiger partial charge < -0.3 is 15.0 Å². The fraction of sp³-hybridized carbons (Fsp3) is 0.250. The van der Waals surface area contributed by atoms with Crippen molar-refractivity contribution in [3.63, 3.8) is 0 Å². The minimum absolute atomic E-state index is 0.0824. The molecule has 176 valence electrons. The number of hydrogen-bond acceptors (Lipinski definition) is 5. The van der Waals surface area contributed by atoms with Crippen LogP contribution in [0.1, 0.15) is 34.9 Å². The van der Waals surface area contributed by atoms with E-state index in [4.69, 9.17) is 15.0 Å². The third-order valence-electron chi connectivity index (χ3n) is 6.30. The van der Waals surface area contributed by atoms with Crippen LogP contribution in [0.4, 0.5) is 10.5 Å². The van der Waals surface area contributed by atoms with Crippen LogP contribution in [0.25, 0.3) is 10.2 Å². The average Bonchev–Trinajstić information content (AvgIpc) is 3.34. The Bertz CT molecular complexity index is 1320. The van der Waals surface area contributed by atoms with Gasteiger partial charge in [-0.05, 0) is 48.7 Å². The smallest absolute Gasteiger partial charge is 0.321 e. The van der Waals surface area contributed by atoms with Crippen molar-refractivity contribution in [3.8, 4) is 11.8 Å². The largest absolute Gasteiger partial charge is 0.489 e. The highest BCUT2D eigenvalue weighted by molar-refractivity contribution is 7.18. The minimum Gasteiger partial charge on any atom is -0.489 e. The molecule has 1 fully saturated rings. The molecular weight excluding hydrogens is 456 g/mol. The molecule has 0 saturated carbocycles. The van der Waals surface area contributed by atoms with Crippen molar-refractivity contribution in [1.82, 2.24) is 9.88 Å². The van der Waals surface area contributed by atoms with E-state index in [9.17, 15) is 4.79 Å².